The van der Waals surface area contributed by atoms with E-state index in [1.165, 1.54) is 12.3 Å². The smallest absolute Gasteiger partial charge is 0.229 e. The number of nitrogens with zero attached hydrogens (tertiary/aromatic N) is 4. The molecular formula is C22H17ClN6. The Labute approximate surface area is 174 Å². The molecule has 3 aromatic rings. The zero-order chi connectivity index (χ0) is 20.8. The van der Waals surface area contributed by atoms with Gasteiger partial charge in [-0.3, -0.25) is 0 Å². The lowest BCUT2D eigenvalue weighted by Gasteiger charge is -2.15. The first-order valence-corrected chi connectivity index (χ1v) is 9.12. The molecule has 0 amide bonds. The number of aryl methyl sites for hydroxylation is 2. The van der Waals surface area contributed by atoms with Crippen LogP contribution in [0.15, 0.2) is 48.7 Å². The molecule has 0 saturated carbocycles. The molecule has 0 fully saturated rings. The molecule has 0 spiro atoms. The third-order valence-electron chi connectivity index (χ3n) is 4.16. The van der Waals surface area contributed by atoms with Gasteiger partial charge in [-0.1, -0.05) is 11.6 Å². The van der Waals surface area contributed by atoms with Crippen LogP contribution in [0.5, 0.6) is 0 Å². The first-order valence-electron chi connectivity index (χ1n) is 8.74. The largest absolute Gasteiger partial charge is 0.338 e. The van der Waals surface area contributed by atoms with E-state index in [-0.39, 0.29) is 0 Å². The van der Waals surface area contributed by atoms with E-state index in [1.54, 1.807) is 30.3 Å². The zero-order valence-corrected chi connectivity index (χ0v) is 16.6. The molecule has 0 radical (unpaired) electrons. The number of benzene rings is 2. The van der Waals surface area contributed by atoms with E-state index in [1.807, 2.05) is 32.0 Å². The number of nitriles is 2. The van der Waals surface area contributed by atoms with Crippen LogP contribution in [-0.4, -0.2) is 9.97 Å². The quantitative estimate of drug-likeness (QED) is 0.537. The summed E-state index contributed by atoms with van der Waals surface area (Å²) in [6.07, 6.45) is 4.74. The predicted octanol–water partition coefficient (Wildman–Crippen LogP) is 5.64. The average Bonchev–Trinajstić information content (AvgIpc) is 2.72. The standard InChI is InChI=1S/C22H17ClN6/c1-14-10-17(4-3-9-24)11-15(2)20(14)28-21-19(23)13-26-22(29-21)27-18-7-5-16(12-25)6-8-18/h3-8,10-11,13H,1-2H3,(H2,26,27,28,29). The van der Waals surface area contributed by atoms with Crippen molar-refractivity contribution < 1.29 is 0 Å². The molecule has 3 rings (SSSR count). The Morgan fingerprint density at radius 2 is 1.72 bits per heavy atom. The molecule has 2 N–H and O–H groups in total. The van der Waals surface area contributed by atoms with Gasteiger partial charge >= 0.3 is 0 Å². The van der Waals surface area contributed by atoms with Gasteiger partial charge in [-0.05, 0) is 73.0 Å². The van der Waals surface area contributed by atoms with Crippen molar-refractivity contribution in [3.8, 4) is 12.1 Å². The van der Waals surface area contributed by atoms with E-state index in [0.717, 1.165) is 28.1 Å². The van der Waals surface area contributed by atoms with Crippen LogP contribution in [0.25, 0.3) is 6.08 Å². The molecule has 2 aromatic carbocycles. The molecule has 7 heteroatoms. The van der Waals surface area contributed by atoms with Crippen LogP contribution >= 0.6 is 11.6 Å². The van der Waals surface area contributed by atoms with Gasteiger partial charge in [-0.25, -0.2) is 4.98 Å². The van der Waals surface area contributed by atoms with E-state index in [2.05, 4.69) is 26.7 Å². The van der Waals surface area contributed by atoms with Crippen LogP contribution in [0.3, 0.4) is 0 Å². The Bertz CT molecular complexity index is 1130. The van der Waals surface area contributed by atoms with Crippen molar-refractivity contribution in [3.63, 3.8) is 0 Å². The van der Waals surface area contributed by atoms with Crippen molar-refractivity contribution >= 4 is 40.8 Å². The average molecular weight is 401 g/mol. The maximum atomic E-state index is 8.89. The van der Waals surface area contributed by atoms with Crippen LogP contribution in [-0.2, 0) is 0 Å². The summed E-state index contributed by atoms with van der Waals surface area (Å²) in [5, 5.41) is 24.4. The first kappa shape index (κ1) is 19.9. The Hall–Kier alpha value is -3.87. The molecule has 0 unspecified atom stereocenters. The Kier molecular flexibility index (Phi) is 6.09. The predicted molar refractivity (Wildman–Crippen MR) is 115 cm³/mol. The second-order valence-electron chi connectivity index (χ2n) is 6.32. The number of rotatable bonds is 5. The summed E-state index contributed by atoms with van der Waals surface area (Å²) in [5.74, 6) is 0.856. The monoisotopic (exact) mass is 400 g/mol. The van der Waals surface area contributed by atoms with Crippen molar-refractivity contribution in [2.24, 2.45) is 0 Å². The van der Waals surface area contributed by atoms with Crippen molar-refractivity contribution in [1.29, 1.82) is 10.5 Å². The fraction of sp³-hybridized carbons (Fsp3) is 0.0909. The van der Waals surface area contributed by atoms with E-state index >= 15 is 0 Å². The van der Waals surface area contributed by atoms with Gasteiger partial charge < -0.3 is 10.6 Å². The molecular weight excluding hydrogens is 384 g/mol. The number of aromatic nitrogens is 2. The summed E-state index contributed by atoms with van der Waals surface area (Å²) in [4.78, 5) is 8.68. The third-order valence-corrected chi connectivity index (χ3v) is 4.44. The maximum Gasteiger partial charge on any atom is 0.229 e. The van der Waals surface area contributed by atoms with Gasteiger partial charge in [0, 0.05) is 17.5 Å². The van der Waals surface area contributed by atoms with Gasteiger partial charge in [-0.15, -0.1) is 0 Å². The molecule has 0 bridgehead atoms. The highest BCUT2D eigenvalue weighted by atomic mass is 35.5. The lowest BCUT2D eigenvalue weighted by atomic mass is 10.0. The number of halogens is 1. The highest BCUT2D eigenvalue weighted by molar-refractivity contribution is 6.32. The summed E-state index contributed by atoms with van der Waals surface area (Å²) < 4.78 is 0. The van der Waals surface area contributed by atoms with Crippen LogP contribution in [0.4, 0.5) is 23.1 Å². The van der Waals surface area contributed by atoms with Gasteiger partial charge in [0.2, 0.25) is 5.95 Å². The molecule has 0 aliphatic rings. The van der Waals surface area contributed by atoms with Crippen LogP contribution < -0.4 is 10.6 Å². The molecule has 1 aromatic heterocycles. The summed E-state index contributed by atoms with van der Waals surface area (Å²) in [5.41, 5.74) is 5.18. The highest BCUT2D eigenvalue weighted by Gasteiger charge is 2.10. The van der Waals surface area contributed by atoms with E-state index in [9.17, 15) is 0 Å². The van der Waals surface area contributed by atoms with E-state index < -0.39 is 0 Å². The first-order chi connectivity index (χ1) is 14.0. The van der Waals surface area contributed by atoms with Gasteiger partial charge in [0.05, 0.1) is 23.9 Å². The van der Waals surface area contributed by atoms with Crippen molar-refractivity contribution in [2.75, 3.05) is 10.6 Å². The third kappa shape index (κ3) is 4.90. The number of anilines is 4. The van der Waals surface area contributed by atoms with Gasteiger partial charge in [-0.2, -0.15) is 15.5 Å². The molecule has 0 atom stereocenters. The van der Waals surface area contributed by atoms with Gasteiger partial charge in [0.25, 0.3) is 0 Å². The zero-order valence-electron chi connectivity index (χ0n) is 15.9. The van der Waals surface area contributed by atoms with E-state index in [4.69, 9.17) is 22.1 Å². The Balaban J connectivity index is 1.86. The normalized spacial score (nSPS) is 10.4. The van der Waals surface area contributed by atoms with Gasteiger partial charge in [0.1, 0.15) is 5.02 Å². The summed E-state index contributed by atoms with van der Waals surface area (Å²) in [6, 6.07) is 15.0. The molecule has 6 nitrogen and oxygen atoms in total. The maximum absolute atomic E-state index is 8.89. The molecule has 0 saturated heterocycles. The van der Waals surface area contributed by atoms with Crippen LogP contribution in [0.1, 0.15) is 22.3 Å². The SMILES string of the molecule is Cc1cc(C=CC#N)cc(C)c1Nc1nc(Nc2ccc(C#N)cc2)ncc1Cl. The van der Waals surface area contributed by atoms with Crippen molar-refractivity contribution in [1.82, 2.24) is 9.97 Å². The molecule has 0 aliphatic heterocycles. The fourth-order valence-corrected chi connectivity index (χ4v) is 2.95. The second-order valence-corrected chi connectivity index (χ2v) is 6.73. The number of hydrogen-bond donors (Lipinski definition) is 2. The van der Waals surface area contributed by atoms with Crippen LogP contribution in [0, 0.1) is 36.5 Å². The minimum Gasteiger partial charge on any atom is -0.338 e. The Morgan fingerprint density at radius 3 is 2.34 bits per heavy atom. The molecule has 0 aliphatic carbocycles. The van der Waals surface area contributed by atoms with Crippen LogP contribution in [0.2, 0.25) is 5.02 Å². The second kappa shape index (κ2) is 8.88. The van der Waals surface area contributed by atoms with Crippen molar-refractivity contribution in [2.45, 2.75) is 13.8 Å². The highest BCUT2D eigenvalue weighted by Crippen LogP contribution is 2.30. The number of allylic oxidation sites excluding steroid dienone is 1. The minimum atomic E-state index is 0.380. The Morgan fingerprint density at radius 1 is 1.03 bits per heavy atom. The van der Waals surface area contributed by atoms with Gasteiger partial charge in [0.15, 0.2) is 5.82 Å². The van der Waals surface area contributed by atoms with Crippen molar-refractivity contribution in [3.05, 3.63) is 75.9 Å². The summed E-state index contributed by atoms with van der Waals surface area (Å²) in [6.45, 7) is 3.95. The minimum absolute atomic E-state index is 0.380. The summed E-state index contributed by atoms with van der Waals surface area (Å²) in [7, 11) is 0. The lowest BCUT2D eigenvalue weighted by molar-refractivity contribution is 1.16. The number of hydrogen-bond acceptors (Lipinski definition) is 6. The summed E-state index contributed by atoms with van der Waals surface area (Å²) >= 11 is 6.29. The fourth-order valence-electron chi connectivity index (χ4n) is 2.81. The lowest BCUT2D eigenvalue weighted by Crippen LogP contribution is -2.03. The topological polar surface area (TPSA) is 97.4 Å². The number of nitrogens with one attached hydrogen (secondary N) is 2. The molecule has 29 heavy (non-hydrogen) atoms. The molecule has 142 valence electrons. The molecule has 1 heterocycles. The van der Waals surface area contributed by atoms with E-state index in [0.29, 0.717) is 22.4 Å².